The van der Waals surface area contributed by atoms with Crippen LogP contribution in [0.3, 0.4) is 0 Å². The lowest BCUT2D eigenvalue weighted by Crippen LogP contribution is -2.29. The van der Waals surface area contributed by atoms with Gasteiger partial charge in [-0.15, -0.1) is 0 Å². The van der Waals surface area contributed by atoms with Gasteiger partial charge in [-0.1, -0.05) is 70.4 Å². The number of unbranched alkanes of at least 4 members (excludes halogenated alkanes) is 10. The normalized spacial score (nSPS) is 11.8. The van der Waals surface area contributed by atoms with Crippen LogP contribution in [-0.2, 0) is 0 Å². The van der Waals surface area contributed by atoms with Crippen molar-refractivity contribution in [3.8, 4) is 0 Å². The summed E-state index contributed by atoms with van der Waals surface area (Å²) in [5.41, 5.74) is 11.2. The van der Waals surface area contributed by atoms with E-state index in [4.69, 9.17) is 11.5 Å². The Balaban J connectivity index is 3.40. The van der Waals surface area contributed by atoms with Gasteiger partial charge < -0.3 is 16.4 Å². The second-order valence-corrected chi connectivity index (χ2v) is 7.36. The largest absolute Gasteiger partial charge is 0.330 e. The molecule has 0 aliphatic heterocycles. The van der Waals surface area contributed by atoms with Crippen LogP contribution in [0.15, 0.2) is 12.2 Å². The Morgan fingerprint density at radius 3 is 1.52 bits per heavy atom. The van der Waals surface area contributed by atoms with Gasteiger partial charge in [-0.05, 0) is 71.2 Å². The van der Waals surface area contributed by atoms with E-state index in [0.717, 1.165) is 39.0 Å². The molecule has 0 spiro atoms. The van der Waals surface area contributed by atoms with E-state index >= 15 is 0 Å². The van der Waals surface area contributed by atoms with E-state index in [1.165, 1.54) is 83.6 Å². The maximum atomic E-state index is 5.62. The third-order valence-corrected chi connectivity index (χ3v) is 4.84. The molecule has 0 aromatic carbocycles. The molecule has 0 atom stereocenters. The Kier molecular flexibility index (Phi) is 21.3. The zero-order valence-electron chi connectivity index (χ0n) is 17.2. The Labute approximate surface area is 158 Å². The predicted molar refractivity (Wildman–Crippen MR) is 114 cm³/mol. The van der Waals surface area contributed by atoms with Crippen molar-refractivity contribution in [3.05, 3.63) is 12.2 Å². The highest BCUT2D eigenvalue weighted by Gasteiger charge is 2.02. The average molecular weight is 354 g/mol. The highest BCUT2D eigenvalue weighted by molar-refractivity contribution is 4.81. The lowest BCUT2D eigenvalue weighted by molar-refractivity contribution is 0.267. The van der Waals surface area contributed by atoms with Gasteiger partial charge in [0.05, 0.1) is 0 Å². The van der Waals surface area contributed by atoms with Gasteiger partial charge in [0, 0.05) is 0 Å². The molecule has 0 unspecified atom stereocenters. The third kappa shape index (κ3) is 19.8. The quantitative estimate of drug-likeness (QED) is 0.232. The fourth-order valence-corrected chi connectivity index (χ4v) is 3.21. The molecule has 3 nitrogen and oxygen atoms in total. The third-order valence-electron chi connectivity index (χ3n) is 4.84. The number of nitrogens with zero attached hydrogens (tertiary/aromatic N) is 1. The summed E-state index contributed by atoms with van der Waals surface area (Å²) in [7, 11) is 0. The Bertz CT molecular complexity index is 258. The molecule has 0 aromatic rings. The van der Waals surface area contributed by atoms with Gasteiger partial charge in [0.15, 0.2) is 0 Å². The van der Waals surface area contributed by atoms with Crippen molar-refractivity contribution in [2.75, 3.05) is 32.7 Å². The van der Waals surface area contributed by atoms with Crippen molar-refractivity contribution < 1.29 is 0 Å². The molecule has 0 fully saturated rings. The maximum Gasteiger partial charge on any atom is -0.000671 e. The summed E-state index contributed by atoms with van der Waals surface area (Å²) < 4.78 is 0. The minimum Gasteiger partial charge on any atom is -0.330 e. The van der Waals surface area contributed by atoms with Crippen LogP contribution in [-0.4, -0.2) is 37.6 Å². The number of hydrogen-bond acceptors (Lipinski definition) is 3. The van der Waals surface area contributed by atoms with Crippen molar-refractivity contribution >= 4 is 0 Å². The number of rotatable bonds is 20. The first-order chi connectivity index (χ1) is 12.3. The average Bonchev–Trinajstić information content (AvgIpc) is 2.63. The molecule has 0 saturated heterocycles. The standard InChI is InChI=1S/C22H47N3/c1-2-3-4-5-6-7-8-9-10-11-12-13-14-15-20-25(21-16-18-23)22-17-19-24/h12-13H,2-11,14-24H2,1H3/b13-12+. The summed E-state index contributed by atoms with van der Waals surface area (Å²) in [6.45, 7) is 7.29. The van der Waals surface area contributed by atoms with Crippen molar-refractivity contribution in [2.45, 2.75) is 96.8 Å². The van der Waals surface area contributed by atoms with Crippen LogP contribution in [0.5, 0.6) is 0 Å². The van der Waals surface area contributed by atoms with E-state index < -0.39 is 0 Å². The minimum atomic E-state index is 0.789. The molecule has 4 N–H and O–H groups in total. The van der Waals surface area contributed by atoms with Gasteiger partial charge >= 0.3 is 0 Å². The molecular weight excluding hydrogens is 306 g/mol. The Hall–Kier alpha value is -0.380. The van der Waals surface area contributed by atoms with Gasteiger partial charge in [0.25, 0.3) is 0 Å². The molecule has 0 saturated carbocycles. The van der Waals surface area contributed by atoms with Crippen LogP contribution in [0.1, 0.15) is 96.8 Å². The molecular formula is C22H47N3. The first-order valence-corrected chi connectivity index (χ1v) is 11.1. The van der Waals surface area contributed by atoms with E-state index in [1.54, 1.807) is 0 Å². The number of allylic oxidation sites excluding steroid dienone is 2. The molecule has 0 heterocycles. The van der Waals surface area contributed by atoms with Crippen LogP contribution in [0, 0.1) is 0 Å². The molecule has 25 heavy (non-hydrogen) atoms. The van der Waals surface area contributed by atoms with Crippen LogP contribution in [0.2, 0.25) is 0 Å². The van der Waals surface area contributed by atoms with E-state index in [9.17, 15) is 0 Å². The lowest BCUT2D eigenvalue weighted by Gasteiger charge is -2.21. The van der Waals surface area contributed by atoms with Crippen LogP contribution >= 0.6 is 0 Å². The molecule has 0 bridgehead atoms. The SMILES string of the molecule is CCCCCCCCCCC/C=C/CCCN(CCCN)CCCN. The van der Waals surface area contributed by atoms with E-state index in [0.29, 0.717) is 0 Å². The van der Waals surface area contributed by atoms with Crippen LogP contribution in [0.4, 0.5) is 0 Å². The summed E-state index contributed by atoms with van der Waals surface area (Å²) >= 11 is 0. The maximum absolute atomic E-state index is 5.62. The molecule has 150 valence electrons. The highest BCUT2D eigenvalue weighted by Crippen LogP contribution is 2.10. The second-order valence-electron chi connectivity index (χ2n) is 7.36. The molecule has 0 aliphatic rings. The summed E-state index contributed by atoms with van der Waals surface area (Å²) in [5.74, 6) is 0. The van der Waals surface area contributed by atoms with Gasteiger partial charge in [-0.2, -0.15) is 0 Å². The molecule has 0 radical (unpaired) electrons. The Morgan fingerprint density at radius 1 is 0.560 bits per heavy atom. The van der Waals surface area contributed by atoms with Gasteiger partial charge in [0.2, 0.25) is 0 Å². The topological polar surface area (TPSA) is 55.3 Å². The minimum absolute atomic E-state index is 0.789. The van der Waals surface area contributed by atoms with Crippen molar-refractivity contribution in [1.82, 2.24) is 4.90 Å². The summed E-state index contributed by atoms with van der Waals surface area (Å²) in [4.78, 5) is 2.52. The fourth-order valence-electron chi connectivity index (χ4n) is 3.21. The van der Waals surface area contributed by atoms with Crippen molar-refractivity contribution in [2.24, 2.45) is 11.5 Å². The van der Waals surface area contributed by atoms with E-state index in [1.807, 2.05) is 0 Å². The van der Waals surface area contributed by atoms with Gasteiger partial charge in [-0.3, -0.25) is 0 Å². The second kappa shape index (κ2) is 21.7. The van der Waals surface area contributed by atoms with E-state index in [2.05, 4.69) is 24.0 Å². The smallest absolute Gasteiger partial charge is 0.000671 e. The van der Waals surface area contributed by atoms with Gasteiger partial charge in [-0.25, -0.2) is 0 Å². The molecule has 0 rings (SSSR count). The monoisotopic (exact) mass is 353 g/mol. The molecule has 3 heteroatoms. The molecule has 0 aromatic heterocycles. The van der Waals surface area contributed by atoms with Crippen LogP contribution < -0.4 is 11.5 Å². The highest BCUT2D eigenvalue weighted by atomic mass is 15.1. The number of nitrogens with two attached hydrogens (primary N) is 2. The first kappa shape index (κ1) is 24.6. The van der Waals surface area contributed by atoms with Crippen molar-refractivity contribution in [1.29, 1.82) is 0 Å². The summed E-state index contributed by atoms with van der Waals surface area (Å²) in [6.07, 6.45) is 23.4. The zero-order chi connectivity index (χ0) is 18.4. The molecule has 0 aliphatic carbocycles. The fraction of sp³-hybridized carbons (Fsp3) is 0.909. The predicted octanol–water partition coefficient (Wildman–Crippen LogP) is 5.24. The number of hydrogen-bond donors (Lipinski definition) is 2. The van der Waals surface area contributed by atoms with Gasteiger partial charge in [0.1, 0.15) is 0 Å². The Morgan fingerprint density at radius 2 is 1.00 bits per heavy atom. The zero-order valence-corrected chi connectivity index (χ0v) is 17.2. The lowest BCUT2D eigenvalue weighted by atomic mass is 10.1. The summed E-state index contributed by atoms with van der Waals surface area (Å²) in [5, 5.41) is 0. The van der Waals surface area contributed by atoms with Crippen molar-refractivity contribution in [3.63, 3.8) is 0 Å². The first-order valence-electron chi connectivity index (χ1n) is 11.1. The van der Waals surface area contributed by atoms with E-state index in [-0.39, 0.29) is 0 Å². The van der Waals surface area contributed by atoms with Crippen LogP contribution in [0.25, 0.3) is 0 Å². The summed E-state index contributed by atoms with van der Waals surface area (Å²) in [6, 6.07) is 0. The molecule has 0 amide bonds.